The van der Waals surface area contributed by atoms with Crippen molar-refractivity contribution in [1.82, 2.24) is 4.98 Å². The van der Waals surface area contributed by atoms with Gasteiger partial charge >= 0.3 is 5.97 Å². The zero-order valence-electron chi connectivity index (χ0n) is 12.7. The number of hydrogen-bond donors (Lipinski definition) is 2. The third-order valence-electron chi connectivity index (χ3n) is 3.74. The van der Waals surface area contributed by atoms with Gasteiger partial charge in [0.15, 0.2) is 5.58 Å². The smallest absolute Gasteiger partial charge is 0.307 e. The lowest BCUT2D eigenvalue weighted by Crippen LogP contribution is -2.16. The van der Waals surface area contributed by atoms with Crippen LogP contribution in [0.4, 0.5) is 5.69 Å². The first-order valence-corrected chi connectivity index (χ1v) is 7.20. The molecule has 2 aromatic rings. The number of anilines is 1. The predicted molar refractivity (Wildman–Crippen MR) is 80.6 cm³/mol. The minimum atomic E-state index is -0.915. The number of benzene rings is 1. The van der Waals surface area contributed by atoms with Crippen molar-refractivity contribution < 1.29 is 19.1 Å². The number of oxazole rings is 1. The molecule has 0 radical (unpaired) electrons. The molecular formula is C16H18N2O4. The van der Waals surface area contributed by atoms with E-state index >= 15 is 0 Å². The van der Waals surface area contributed by atoms with Gasteiger partial charge in [-0.1, -0.05) is 20.8 Å². The minimum absolute atomic E-state index is 0.189. The number of rotatable bonds is 3. The zero-order chi connectivity index (χ0) is 16.1. The maximum atomic E-state index is 12.0. The van der Waals surface area contributed by atoms with Gasteiger partial charge in [-0.25, -0.2) is 4.98 Å². The summed E-state index contributed by atoms with van der Waals surface area (Å²) in [5.74, 6) is -1.52. The Kier molecular flexibility index (Phi) is 3.20. The lowest BCUT2D eigenvalue weighted by atomic mass is 9.97. The molecule has 2 N–H and O–H groups in total. The first kappa shape index (κ1) is 14.6. The fraction of sp³-hybridized carbons (Fsp3) is 0.438. The van der Waals surface area contributed by atoms with Crippen molar-refractivity contribution in [3.05, 3.63) is 24.1 Å². The van der Waals surface area contributed by atoms with Gasteiger partial charge in [0.05, 0.1) is 11.8 Å². The average Bonchev–Trinajstić information content (AvgIpc) is 3.10. The Morgan fingerprint density at radius 2 is 2.05 bits per heavy atom. The predicted octanol–water partition coefficient (Wildman–Crippen LogP) is 2.78. The summed E-state index contributed by atoms with van der Waals surface area (Å²) in [5.41, 5.74) is 1.75. The quantitative estimate of drug-likeness (QED) is 0.909. The summed E-state index contributed by atoms with van der Waals surface area (Å²) >= 11 is 0. The van der Waals surface area contributed by atoms with E-state index in [1.807, 2.05) is 20.8 Å². The molecule has 1 aliphatic rings. The number of carboxylic acids is 1. The third-order valence-corrected chi connectivity index (χ3v) is 3.74. The van der Waals surface area contributed by atoms with Gasteiger partial charge in [0, 0.05) is 11.1 Å². The summed E-state index contributed by atoms with van der Waals surface area (Å²) in [6.45, 7) is 6.04. The van der Waals surface area contributed by atoms with Gasteiger partial charge in [0.25, 0.3) is 0 Å². The molecule has 0 spiro atoms. The monoisotopic (exact) mass is 302 g/mol. The van der Waals surface area contributed by atoms with E-state index in [-0.39, 0.29) is 11.3 Å². The van der Waals surface area contributed by atoms with Gasteiger partial charge in [-0.3, -0.25) is 9.59 Å². The molecule has 0 bridgehead atoms. The van der Waals surface area contributed by atoms with E-state index in [1.165, 1.54) is 0 Å². The first-order chi connectivity index (χ1) is 10.3. The Hall–Kier alpha value is -2.37. The van der Waals surface area contributed by atoms with Gasteiger partial charge in [-0.2, -0.15) is 0 Å². The second kappa shape index (κ2) is 4.83. The molecule has 2 unspecified atom stereocenters. The number of carbonyl (C=O) groups excluding carboxylic acids is 1. The van der Waals surface area contributed by atoms with Crippen LogP contribution in [0.5, 0.6) is 0 Å². The molecule has 1 aromatic heterocycles. The average molecular weight is 302 g/mol. The van der Waals surface area contributed by atoms with E-state index < -0.39 is 17.8 Å². The Bertz CT molecular complexity index is 757. The number of carbonyl (C=O) groups is 2. The van der Waals surface area contributed by atoms with Crippen LogP contribution in [-0.2, 0) is 15.0 Å². The molecule has 1 amide bonds. The van der Waals surface area contributed by atoms with Crippen molar-refractivity contribution in [3.8, 4) is 0 Å². The number of hydrogen-bond acceptors (Lipinski definition) is 4. The summed E-state index contributed by atoms with van der Waals surface area (Å²) in [7, 11) is 0. The number of amides is 1. The molecule has 0 saturated heterocycles. The minimum Gasteiger partial charge on any atom is -0.481 e. The number of nitrogens with one attached hydrogen (secondary N) is 1. The number of nitrogens with zero attached hydrogens (tertiary/aromatic N) is 1. The number of aromatic nitrogens is 1. The van der Waals surface area contributed by atoms with Crippen LogP contribution in [0.25, 0.3) is 11.1 Å². The molecule has 6 heteroatoms. The molecule has 22 heavy (non-hydrogen) atoms. The highest BCUT2D eigenvalue weighted by molar-refractivity contribution is 5.99. The second-order valence-electron chi connectivity index (χ2n) is 6.73. The lowest BCUT2D eigenvalue weighted by molar-refractivity contribution is -0.139. The van der Waals surface area contributed by atoms with E-state index in [4.69, 9.17) is 9.52 Å². The van der Waals surface area contributed by atoms with Crippen molar-refractivity contribution in [2.45, 2.75) is 32.6 Å². The van der Waals surface area contributed by atoms with Crippen molar-refractivity contribution in [2.24, 2.45) is 11.8 Å². The van der Waals surface area contributed by atoms with E-state index in [1.54, 1.807) is 18.2 Å². The van der Waals surface area contributed by atoms with Gasteiger partial charge in [-0.15, -0.1) is 0 Å². The molecule has 0 aliphatic heterocycles. The Labute approximate surface area is 127 Å². The number of carboxylic acid groups (broad SMARTS) is 1. The maximum Gasteiger partial charge on any atom is 0.307 e. The van der Waals surface area contributed by atoms with Crippen molar-refractivity contribution in [1.29, 1.82) is 0 Å². The molecule has 1 fully saturated rings. The van der Waals surface area contributed by atoms with E-state index in [0.717, 1.165) is 0 Å². The van der Waals surface area contributed by atoms with Crippen LogP contribution >= 0.6 is 0 Å². The molecule has 6 nitrogen and oxygen atoms in total. The Morgan fingerprint density at radius 1 is 1.32 bits per heavy atom. The summed E-state index contributed by atoms with van der Waals surface area (Å²) in [6.07, 6.45) is 0.404. The molecule has 1 aliphatic carbocycles. The van der Waals surface area contributed by atoms with Crippen molar-refractivity contribution >= 4 is 28.7 Å². The van der Waals surface area contributed by atoms with Crippen LogP contribution in [0.3, 0.4) is 0 Å². The molecule has 116 valence electrons. The van der Waals surface area contributed by atoms with Crippen LogP contribution in [0.15, 0.2) is 22.6 Å². The SMILES string of the molecule is CC(C)(C)c1nc2cc(NC(=O)C3CC3C(=O)O)ccc2o1. The van der Waals surface area contributed by atoms with Gasteiger partial charge in [0.2, 0.25) is 11.8 Å². The Balaban J connectivity index is 1.78. The van der Waals surface area contributed by atoms with Crippen LogP contribution in [-0.4, -0.2) is 22.0 Å². The number of fused-ring (bicyclic) bond motifs is 1. The number of aliphatic carboxylic acids is 1. The summed E-state index contributed by atoms with van der Waals surface area (Å²) in [6, 6.07) is 5.23. The Morgan fingerprint density at radius 3 is 2.64 bits per heavy atom. The third kappa shape index (κ3) is 2.68. The maximum absolute atomic E-state index is 12.0. The van der Waals surface area contributed by atoms with Gasteiger partial charge in [0.1, 0.15) is 5.52 Å². The molecule has 1 saturated carbocycles. The molecule has 3 rings (SSSR count). The van der Waals surface area contributed by atoms with Gasteiger partial charge in [-0.05, 0) is 24.6 Å². The molecule has 1 heterocycles. The van der Waals surface area contributed by atoms with Crippen LogP contribution < -0.4 is 5.32 Å². The zero-order valence-corrected chi connectivity index (χ0v) is 12.7. The molecular weight excluding hydrogens is 284 g/mol. The van der Waals surface area contributed by atoms with Crippen molar-refractivity contribution in [3.63, 3.8) is 0 Å². The van der Waals surface area contributed by atoms with Crippen LogP contribution in [0.2, 0.25) is 0 Å². The molecule has 2 atom stereocenters. The van der Waals surface area contributed by atoms with E-state index in [2.05, 4.69) is 10.3 Å². The fourth-order valence-corrected chi connectivity index (χ4v) is 2.32. The highest BCUT2D eigenvalue weighted by Crippen LogP contribution is 2.39. The summed E-state index contributed by atoms with van der Waals surface area (Å²) < 4.78 is 5.70. The van der Waals surface area contributed by atoms with E-state index in [0.29, 0.717) is 29.1 Å². The summed E-state index contributed by atoms with van der Waals surface area (Å²) in [5, 5.41) is 11.6. The van der Waals surface area contributed by atoms with Crippen LogP contribution in [0.1, 0.15) is 33.1 Å². The summed E-state index contributed by atoms with van der Waals surface area (Å²) in [4.78, 5) is 27.2. The lowest BCUT2D eigenvalue weighted by Gasteiger charge is -2.11. The highest BCUT2D eigenvalue weighted by atomic mass is 16.4. The standard InChI is InChI=1S/C16H18N2O4/c1-16(2,3)15-18-11-6-8(4-5-12(11)22-15)17-13(19)9-7-10(9)14(20)21/h4-6,9-10H,7H2,1-3H3,(H,17,19)(H,20,21). The van der Waals surface area contributed by atoms with Crippen molar-refractivity contribution in [2.75, 3.05) is 5.32 Å². The molecule has 1 aromatic carbocycles. The van der Waals surface area contributed by atoms with E-state index in [9.17, 15) is 9.59 Å². The fourth-order valence-electron chi connectivity index (χ4n) is 2.32. The largest absolute Gasteiger partial charge is 0.481 e. The topological polar surface area (TPSA) is 92.4 Å². The first-order valence-electron chi connectivity index (χ1n) is 7.20. The van der Waals surface area contributed by atoms with Gasteiger partial charge < -0.3 is 14.8 Å². The second-order valence-corrected chi connectivity index (χ2v) is 6.73. The highest BCUT2D eigenvalue weighted by Gasteiger charge is 2.48. The van der Waals surface area contributed by atoms with Crippen LogP contribution in [0, 0.1) is 11.8 Å². The normalized spacial score (nSPS) is 20.9.